The van der Waals surface area contributed by atoms with E-state index in [-0.39, 0.29) is 0 Å². The zero-order valence-electron chi connectivity index (χ0n) is 9.16. The molecule has 1 aromatic rings. The van der Waals surface area contributed by atoms with Gasteiger partial charge in [-0.2, -0.15) is 0 Å². The average Bonchev–Trinajstić information content (AvgIpc) is 2.30. The van der Waals surface area contributed by atoms with Crippen LogP contribution in [-0.4, -0.2) is 18.0 Å². The van der Waals surface area contributed by atoms with Crippen LogP contribution in [0, 0.1) is 5.92 Å². The van der Waals surface area contributed by atoms with Gasteiger partial charge in [-0.15, -0.1) is 0 Å². The highest BCUT2D eigenvalue weighted by atomic mass is 79.9. The summed E-state index contributed by atoms with van der Waals surface area (Å²) in [4.78, 5) is 0.575. The molecule has 1 aliphatic heterocycles. The summed E-state index contributed by atoms with van der Waals surface area (Å²) in [6, 6.07) is 8.57. The van der Waals surface area contributed by atoms with Gasteiger partial charge in [0.15, 0.2) is 0 Å². The molecule has 2 rings (SSSR count). The third-order valence-electron chi connectivity index (χ3n) is 3.10. The normalized spacial score (nSPS) is 19.6. The standard InChI is InChI=1S/C13H16Br2O/c14-12-3-1-2-10(8-12)9-13(15)11-4-6-16-7-5-11/h1-3,8,11,13H,4-7,9H2. The maximum Gasteiger partial charge on any atom is 0.0469 e. The van der Waals surface area contributed by atoms with Crippen molar-refractivity contribution in [2.45, 2.75) is 24.1 Å². The number of halogens is 2. The monoisotopic (exact) mass is 346 g/mol. The van der Waals surface area contributed by atoms with Crippen molar-refractivity contribution >= 4 is 31.9 Å². The summed E-state index contributed by atoms with van der Waals surface area (Å²) in [5.41, 5.74) is 1.39. The molecule has 1 aliphatic rings. The first kappa shape index (κ1) is 12.6. The Bertz CT molecular complexity index is 334. The van der Waals surface area contributed by atoms with E-state index in [0.717, 1.165) is 30.0 Å². The summed E-state index contributed by atoms with van der Waals surface area (Å²) in [5, 5.41) is 0. The SMILES string of the molecule is Brc1cccc(CC(Br)C2CCOCC2)c1. The van der Waals surface area contributed by atoms with E-state index < -0.39 is 0 Å². The molecule has 88 valence electrons. The maximum absolute atomic E-state index is 5.39. The van der Waals surface area contributed by atoms with E-state index >= 15 is 0 Å². The molecule has 0 radical (unpaired) electrons. The van der Waals surface area contributed by atoms with Crippen molar-refractivity contribution in [3.8, 4) is 0 Å². The highest BCUT2D eigenvalue weighted by Crippen LogP contribution is 2.27. The molecule has 0 aromatic heterocycles. The molecule has 1 saturated heterocycles. The van der Waals surface area contributed by atoms with Crippen molar-refractivity contribution in [1.29, 1.82) is 0 Å². The van der Waals surface area contributed by atoms with Crippen LogP contribution >= 0.6 is 31.9 Å². The third-order valence-corrected chi connectivity index (χ3v) is 4.66. The summed E-state index contributed by atoms with van der Waals surface area (Å²) >= 11 is 7.34. The van der Waals surface area contributed by atoms with Gasteiger partial charge in [0, 0.05) is 22.5 Å². The van der Waals surface area contributed by atoms with Crippen molar-refractivity contribution < 1.29 is 4.74 Å². The third kappa shape index (κ3) is 3.57. The molecule has 1 unspecified atom stereocenters. The van der Waals surface area contributed by atoms with Gasteiger partial charge in [0.05, 0.1) is 0 Å². The first-order chi connectivity index (χ1) is 7.75. The van der Waals surface area contributed by atoms with Crippen molar-refractivity contribution in [2.75, 3.05) is 13.2 Å². The van der Waals surface area contributed by atoms with Crippen LogP contribution in [0.1, 0.15) is 18.4 Å². The van der Waals surface area contributed by atoms with Crippen molar-refractivity contribution in [1.82, 2.24) is 0 Å². The van der Waals surface area contributed by atoms with Gasteiger partial charge in [-0.1, -0.05) is 44.0 Å². The molecular weight excluding hydrogens is 332 g/mol. The molecule has 0 aliphatic carbocycles. The van der Waals surface area contributed by atoms with Gasteiger partial charge < -0.3 is 4.74 Å². The van der Waals surface area contributed by atoms with E-state index in [1.807, 2.05) is 0 Å². The van der Waals surface area contributed by atoms with Crippen LogP contribution in [0.15, 0.2) is 28.7 Å². The Morgan fingerprint density at radius 2 is 2.06 bits per heavy atom. The van der Waals surface area contributed by atoms with Crippen LogP contribution in [0.25, 0.3) is 0 Å². The molecular formula is C13H16Br2O. The van der Waals surface area contributed by atoms with Gasteiger partial charge in [-0.05, 0) is 42.9 Å². The Hall–Kier alpha value is 0.140. The van der Waals surface area contributed by atoms with Gasteiger partial charge in [-0.25, -0.2) is 0 Å². The minimum absolute atomic E-state index is 0.575. The second kappa shape index (κ2) is 6.18. The number of alkyl halides is 1. The highest BCUT2D eigenvalue weighted by Gasteiger charge is 2.21. The van der Waals surface area contributed by atoms with Crippen LogP contribution in [0.2, 0.25) is 0 Å². The quantitative estimate of drug-likeness (QED) is 0.745. The molecule has 1 heterocycles. The van der Waals surface area contributed by atoms with Crippen molar-refractivity contribution in [3.05, 3.63) is 34.3 Å². The van der Waals surface area contributed by atoms with Crippen LogP contribution in [0.5, 0.6) is 0 Å². The average molecular weight is 348 g/mol. The number of hydrogen-bond acceptors (Lipinski definition) is 1. The molecule has 1 nitrogen and oxygen atoms in total. The lowest BCUT2D eigenvalue weighted by atomic mass is 9.93. The summed E-state index contributed by atoms with van der Waals surface area (Å²) in [6.07, 6.45) is 3.47. The molecule has 0 bridgehead atoms. The lowest BCUT2D eigenvalue weighted by Gasteiger charge is -2.26. The first-order valence-electron chi connectivity index (χ1n) is 5.72. The van der Waals surface area contributed by atoms with E-state index in [1.54, 1.807) is 0 Å². The van der Waals surface area contributed by atoms with Crippen LogP contribution in [-0.2, 0) is 11.2 Å². The summed E-state index contributed by atoms with van der Waals surface area (Å²) in [7, 11) is 0. The van der Waals surface area contributed by atoms with E-state index in [2.05, 4.69) is 56.1 Å². The minimum Gasteiger partial charge on any atom is -0.381 e. The van der Waals surface area contributed by atoms with Crippen LogP contribution in [0.4, 0.5) is 0 Å². The molecule has 0 spiro atoms. The Kier molecular flexibility index (Phi) is 4.86. The molecule has 3 heteroatoms. The minimum atomic E-state index is 0.575. The first-order valence-corrected chi connectivity index (χ1v) is 7.43. The maximum atomic E-state index is 5.39. The lowest BCUT2D eigenvalue weighted by Crippen LogP contribution is -2.24. The molecule has 0 saturated carbocycles. The second-order valence-corrected chi connectivity index (χ2v) is 6.39. The predicted octanol–water partition coefficient (Wildman–Crippen LogP) is 4.18. The molecule has 0 N–H and O–H groups in total. The van der Waals surface area contributed by atoms with Crippen molar-refractivity contribution in [2.24, 2.45) is 5.92 Å². The smallest absolute Gasteiger partial charge is 0.0469 e. The van der Waals surface area contributed by atoms with Gasteiger partial charge in [0.2, 0.25) is 0 Å². The number of benzene rings is 1. The van der Waals surface area contributed by atoms with Gasteiger partial charge >= 0.3 is 0 Å². The lowest BCUT2D eigenvalue weighted by molar-refractivity contribution is 0.0662. The van der Waals surface area contributed by atoms with Gasteiger partial charge in [0.1, 0.15) is 0 Å². The van der Waals surface area contributed by atoms with Crippen LogP contribution in [0.3, 0.4) is 0 Å². The summed E-state index contributed by atoms with van der Waals surface area (Å²) in [6.45, 7) is 1.84. The van der Waals surface area contributed by atoms with Gasteiger partial charge in [0.25, 0.3) is 0 Å². The molecule has 1 fully saturated rings. The molecule has 16 heavy (non-hydrogen) atoms. The fourth-order valence-electron chi connectivity index (χ4n) is 2.13. The van der Waals surface area contributed by atoms with Gasteiger partial charge in [-0.3, -0.25) is 0 Å². The largest absolute Gasteiger partial charge is 0.381 e. The summed E-state index contributed by atoms with van der Waals surface area (Å²) in [5.74, 6) is 0.757. The molecule has 1 atom stereocenters. The number of hydrogen-bond donors (Lipinski definition) is 0. The van der Waals surface area contributed by atoms with E-state index in [9.17, 15) is 0 Å². The second-order valence-electron chi connectivity index (χ2n) is 4.30. The number of ether oxygens (including phenoxy) is 1. The Morgan fingerprint density at radius 1 is 1.31 bits per heavy atom. The van der Waals surface area contributed by atoms with E-state index in [4.69, 9.17) is 4.74 Å². The predicted molar refractivity (Wildman–Crippen MR) is 74.1 cm³/mol. The summed E-state index contributed by atoms with van der Waals surface area (Å²) < 4.78 is 6.55. The zero-order valence-corrected chi connectivity index (χ0v) is 12.3. The van der Waals surface area contributed by atoms with E-state index in [0.29, 0.717) is 4.83 Å². The topological polar surface area (TPSA) is 9.23 Å². The molecule has 1 aromatic carbocycles. The highest BCUT2D eigenvalue weighted by molar-refractivity contribution is 9.10. The Balaban J connectivity index is 1.93. The molecule has 0 amide bonds. The fraction of sp³-hybridized carbons (Fsp3) is 0.538. The Morgan fingerprint density at radius 3 is 2.75 bits per heavy atom. The van der Waals surface area contributed by atoms with E-state index in [1.165, 1.54) is 18.4 Å². The Labute approximate surface area is 114 Å². The van der Waals surface area contributed by atoms with Crippen LogP contribution < -0.4 is 0 Å². The number of rotatable bonds is 3. The fourth-order valence-corrected chi connectivity index (χ4v) is 3.48. The van der Waals surface area contributed by atoms with Crippen molar-refractivity contribution in [3.63, 3.8) is 0 Å². The zero-order chi connectivity index (χ0) is 11.4.